The number of aliphatic hydroxyl groups is 1. The van der Waals surface area contributed by atoms with Gasteiger partial charge in [0.05, 0.1) is 11.2 Å². The Hall–Kier alpha value is -1.86. The summed E-state index contributed by atoms with van der Waals surface area (Å²) in [6.45, 7) is 6.45. The third-order valence-electron chi connectivity index (χ3n) is 3.33. The summed E-state index contributed by atoms with van der Waals surface area (Å²) >= 11 is 0. The molecule has 0 saturated carbocycles. The van der Waals surface area contributed by atoms with Crippen molar-refractivity contribution in [1.82, 2.24) is 9.80 Å². The van der Waals surface area contributed by atoms with Crippen LogP contribution < -0.4 is 0 Å². The van der Waals surface area contributed by atoms with E-state index in [2.05, 4.69) is 4.90 Å². The smallest absolute Gasteiger partial charge is 0.338 e. The average Bonchev–Trinajstić information content (AvgIpc) is 2.86. The third-order valence-corrected chi connectivity index (χ3v) is 3.33. The molecule has 0 unspecified atom stereocenters. The number of furan rings is 1. The maximum absolute atomic E-state index is 12.2. The van der Waals surface area contributed by atoms with Crippen molar-refractivity contribution in [3.8, 4) is 0 Å². The second-order valence-corrected chi connectivity index (χ2v) is 5.89. The maximum Gasteiger partial charge on any atom is 0.338 e. The van der Waals surface area contributed by atoms with Gasteiger partial charge in [-0.25, -0.2) is 4.79 Å². The number of aromatic carboxylic acids is 1. The van der Waals surface area contributed by atoms with Crippen molar-refractivity contribution in [3.63, 3.8) is 0 Å². The van der Waals surface area contributed by atoms with E-state index in [0.29, 0.717) is 32.7 Å². The molecule has 1 aromatic heterocycles. The molecule has 1 saturated heterocycles. The van der Waals surface area contributed by atoms with Crippen molar-refractivity contribution in [2.45, 2.75) is 19.4 Å². The summed E-state index contributed by atoms with van der Waals surface area (Å²) in [6.07, 6.45) is 1.07. The number of piperazine rings is 1. The highest BCUT2D eigenvalue weighted by Crippen LogP contribution is 2.14. The monoisotopic (exact) mass is 296 g/mol. The number of hydrogen-bond donors (Lipinski definition) is 2. The molecule has 7 heteroatoms. The largest absolute Gasteiger partial charge is 0.478 e. The van der Waals surface area contributed by atoms with Crippen LogP contribution in [-0.2, 0) is 0 Å². The van der Waals surface area contributed by atoms with Crippen molar-refractivity contribution < 1.29 is 24.2 Å². The maximum atomic E-state index is 12.2. The molecule has 0 bridgehead atoms. The molecule has 0 aromatic carbocycles. The van der Waals surface area contributed by atoms with Crippen LogP contribution in [0, 0.1) is 0 Å². The lowest BCUT2D eigenvalue weighted by Crippen LogP contribution is -2.51. The van der Waals surface area contributed by atoms with E-state index in [4.69, 9.17) is 9.52 Å². The molecule has 0 aliphatic carbocycles. The molecule has 1 aliphatic heterocycles. The molecule has 1 aromatic rings. The highest BCUT2D eigenvalue weighted by atomic mass is 16.4. The predicted molar refractivity (Wildman–Crippen MR) is 74.3 cm³/mol. The van der Waals surface area contributed by atoms with Crippen molar-refractivity contribution >= 4 is 11.9 Å². The Balaban J connectivity index is 1.92. The summed E-state index contributed by atoms with van der Waals surface area (Å²) in [6, 6.07) is 1.24. The van der Waals surface area contributed by atoms with E-state index in [0.717, 1.165) is 6.26 Å². The van der Waals surface area contributed by atoms with E-state index >= 15 is 0 Å². The lowest BCUT2D eigenvalue weighted by molar-refractivity contribution is 0.0171. The van der Waals surface area contributed by atoms with Crippen molar-refractivity contribution in [1.29, 1.82) is 0 Å². The normalized spacial score (nSPS) is 17.0. The summed E-state index contributed by atoms with van der Waals surface area (Å²) in [4.78, 5) is 26.7. The molecule has 2 N–H and O–H groups in total. The van der Waals surface area contributed by atoms with Crippen LogP contribution in [0.15, 0.2) is 16.7 Å². The van der Waals surface area contributed by atoms with Gasteiger partial charge in [0.1, 0.15) is 6.26 Å². The van der Waals surface area contributed by atoms with Gasteiger partial charge in [-0.15, -0.1) is 0 Å². The number of carboxylic acids is 1. The van der Waals surface area contributed by atoms with Gasteiger partial charge in [0.15, 0.2) is 5.76 Å². The minimum Gasteiger partial charge on any atom is -0.478 e. The second-order valence-electron chi connectivity index (χ2n) is 5.89. The van der Waals surface area contributed by atoms with E-state index < -0.39 is 11.6 Å². The summed E-state index contributed by atoms with van der Waals surface area (Å²) in [5.41, 5.74) is -0.789. The number of hydrogen-bond acceptors (Lipinski definition) is 5. The lowest BCUT2D eigenvalue weighted by Gasteiger charge is -2.36. The molecule has 0 atom stereocenters. The van der Waals surface area contributed by atoms with Crippen molar-refractivity contribution in [3.05, 3.63) is 23.7 Å². The molecular formula is C14H20N2O5. The predicted octanol–water partition coefficient (Wildman–Crippen LogP) is 0.506. The first-order chi connectivity index (χ1) is 9.76. The molecule has 0 radical (unpaired) electrons. The highest BCUT2D eigenvalue weighted by molar-refractivity contribution is 5.95. The Morgan fingerprint density at radius 3 is 2.38 bits per heavy atom. The van der Waals surface area contributed by atoms with E-state index in [1.165, 1.54) is 6.07 Å². The van der Waals surface area contributed by atoms with Crippen LogP contribution in [-0.4, -0.2) is 70.2 Å². The number of nitrogens with zero attached hydrogens (tertiary/aromatic N) is 2. The fraction of sp³-hybridized carbons (Fsp3) is 0.571. The molecule has 1 fully saturated rings. The van der Waals surface area contributed by atoms with Crippen LogP contribution in [0.2, 0.25) is 0 Å². The quantitative estimate of drug-likeness (QED) is 0.840. The van der Waals surface area contributed by atoms with E-state index in [1.54, 1.807) is 18.7 Å². The Morgan fingerprint density at radius 2 is 1.90 bits per heavy atom. The fourth-order valence-corrected chi connectivity index (χ4v) is 2.37. The molecule has 2 heterocycles. The van der Waals surface area contributed by atoms with Crippen molar-refractivity contribution in [2.75, 3.05) is 32.7 Å². The SMILES string of the molecule is CC(C)(O)CN1CCN(C(=O)c2cc(C(=O)O)co2)CC1. The van der Waals surface area contributed by atoms with Gasteiger partial charge in [-0.2, -0.15) is 0 Å². The third kappa shape index (κ3) is 4.05. The van der Waals surface area contributed by atoms with E-state index in [1.807, 2.05) is 0 Å². The zero-order chi connectivity index (χ0) is 15.6. The molecular weight excluding hydrogens is 276 g/mol. The van der Waals surface area contributed by atoms with Crippen LogP contribution in [0.25, 0.3) is 0 Å². The zero-order valence-electron chi connectivity index (χ0n) is 12.2. The lowest BCUT2D eigenvalue weighted by atomic mass is 10.1. The molecule has 2 rings (SSSR count). The molecule has 116 valence electrons. The number of carbonyl (C=O) groups excluding carboxylic acids is 1. The first-order valence-corrected chi connectivity index (χ1v) is 6.82. The summed E-state index contributed by atoms with van der Waals surface area (Å²) < 4.78 is 5.02. The highest BCUT2D eigenvalue weighted by Gasteiger charge is 2.27. The Morgan fingerprint density at radius 1 is 1.29 bits per heavy atom. The number of β-amino-alcohol motifs (C(OH)–C–C–N with tert-alkyl or cyclic N) is 1. The summed E-state index contributed by atoms with van der Waals surface area (Å²) in [5, 5.41) is 18.6. The molecule has 0 spiro atoms. The Labute approximate surface area is 122 Å². The minimum atomic E-state index is -1.12. The van der Waals surface area contributed by atoms with Gasteiger partial charge in [-0.05, 0) is 13.8 Å². The summed E-state index contributed by atoms with van der Waals surface area (Å²) in [5.74, 6) is -1.37. The first kappa shape index (κ1) is 15.5. The van der Waals surface area contributed by atoms with E-state index in [-0.39, 0.29) is 17.2 Å². The van der Waals surface area contributed by atoms with Gasteiger partial charge in [0.2, 0.25) is 0 Å². The van der Waals surface area contributed by atoms with Crippen LogP contribution in [0.5, 0.6) is 0 Å². The Kier molecular flexibility index (Phi) is 4.34. The molecule has 7 nitrogen and oxygen atoms in total. The topological polar surface area (TPSA) is 94.2 Å². The van der Waals surface area contributed by atoms with Gasteiger partial charge in [0.25, 0.3) is 5.91 Å². The minimum absolute atomic E-state index is 0.0287. The van der Waals surface area contributed by atoms with Gasteiger partial charge in [0, 0.05) is 38.8 Å². The Bertz CT molecular complexity index is 524. The van der Waals surface area contributed by atoms with E-state index in [9.17, 15) is 14.7 Å². The van der Waals surface area contributed by atoms with Crippen LogP contribution >= 0.6 is 0 Å². The van der Waals surface area contributed by atoms with Gasteiger partial charge in [-0.3, -0.25) is 9.69 Å². The fourth-order valence-electron chi connectivity index (χ4n) is 2.37. The van der Waals surface area contributed by atoms with Crippen LogP contribution in [0.3, 0.4) is 0 Å². The average molecular weight is 296 g/mol. The van der Waals surface area contributed by atoms with Crippen LogP contribution in [0.1, 0.15) is 34.8 Å². The number of carbonyl (C=O) groups is 2. The molecule has 21 heavy (non-hydrogen) atoms. The van der Waals surface area contributed by atoms with Gasteiger partial charge in [-0.1, -0.05) is 0 Å². The first-order valence-electron chi connectivity index (χ1n) is 6.82. The van der Waals surface area contributed by atoms with Gasteiger partial charge >= 0.3 is 5.97 Å². The zero-order valence-corrected chi connectivity index (χ0v) is 12.2. The van der Waals surface area contributed by atoms with Crippen LogP contribution in [0.4, 0.5) is 0 Å². The second kappa shape index (κ2) is 5.87. The molecule has 1 aliphatic rings. The number of carboxylic acid groups (broad SMARTS) is 1. The number of amides is 1. The summed E-state index contributed by atoms with van der Waals surface area (Å²) in [7, 11) is 0. The standard InChI is InChI=1S/C14H20N2O5/c1-14(2,20)9-15-3-5-16(6-4-15)12(17)11-7-10(8-21-11)13(18)19/h7-8,20H,3-6,9H2,1-2H3,(H,18,19). The van der Waals surface area contributed by atoms with Crippen molar-refractivity contribution in [2.24, 2.45) is 0 Å². The van der Waals surface area contributed by atoms with Gasteiger partial charge < -0.3 is 19.5 Å². The number of rotatable bonds is 4. The molecule has 1 amide bonds.